The van der Waals surface area contributed by atoms with Crippen molar-refractivity contribution in [3.63, 3.8) is 0 Å². The molecule has 16 heavy (non-hydrogen) atoms. The number of benzene rings is 1. The summed E-state index contributed by atoms with van der Waals surface area (Å²) in [6, 6.07) is 5.45. The first-order chi connectivity index (χ1) is 7.79. The molecule has 2 rings (SSSR count). The molecular formula is C11H12ClN3O. The lowest BCUT2D eigenvalue weighted by Crippen LogP contribution is -2.01. The van der Waals surface area contributed by atoms with Gasteiger partial charge in [-0.15, -0.1) is 0 Å². The molecular weight excluding hydrogens is 226 g/mol. The third kappa shape index (κ3) is 2.46. The molecule has 0 aliphatic heterocycles. The number of halogens is 1. The molecule has 84 valence electrons. The summed E-state index contributed by atoms with van der Waals surface area (Å²) in [6.45, 7) is 0.650. The van der Waals surface area contributed by atoms with Crippen molar-refractivity contribution in [2.45, 2.75) is 6.54 Å². The second kappa shape index (κ2) is 4.90. The highest BCUT2D eigenvalue weighted by Gasteiger charge is 2.03. The highest BCUT2D eigenvalue weighted by molar-refractivity contribution is 6.30. The lowest BCUT2D eigenvalue weighted by Gasteiger charge is -2.10. The van der Waals surface area contributed by atoms with Crippen molar-refractivity contribution in [1.82, 2.24) is 9.97 Å². The summed E-state index contributed by atoms with van der Waals surface area (Å²) in [5.41, 5.74) is 1.87. The predicted molar refractivity (Wildman–Crippen MR) is 63.9 cm³/mol. The van der Waals surface area contributed by atoms with E-state index in [1.807, 2.05) is 12.1 Å². The monoisotopic (exact) mass is 237 g/mol. The zero-order valence-electron chi connectivity index (χ0n) is 8.83. The molecule has 0 atom stereocenters. The van der Waals surface area contributed by atoms with Gasteiger partial charge in [-0.1, -0.05) is 11.6 Å². The van der Waals surface area contributed by atoms with Gasteiger partial charge in [-0.05, 0) is 18.2 Å². The Hall–Kier alpha value is -1.68. The lowest BCUT2D eigenvalue weighted by atomic mass is 10.3. The van der Waals surface area contributed by atoms with Gasteiger partial charge in [-0.25, -0.2) is 4.98 Å². The molecule has 4 nitrogen and oxygen atoms in total. The van der Waals surface area contributed by atoms with Crippen LogP contribution in [0.15, 0.2) is 30.7 Å². The standard InChI is InChI=1S/C11H12ClN3O/c1-16-11-3-2-8(12)4-10(11)14-6-9-5-13-7-15-9/h2-5,7,14H,6H2,1H3,(H,13,15). The summed E-state index contributed by atoms with van der Waals surface area (Å²) in [5.74, 6) is 0.768. The maximum absolute atomic E-state index is 5.92. The van der Waals surface area contributed by atoms with Crippen LogP contribution < -0.4 is 10.1 Å². The summed E-state index contributed by atoms with van der Waals surface area (Å²) in [6.07, 6.45) is 3.41. The van der Waals surface area contributed by atoms with E-state index in [1.54, 1.807) is 25.7 Å². The Balaban J connectivity index is 2.11. The number of anilines is 1. The van der Waals surface area contributed by atoms with Gasteiger partial charge < -0.3 is 15.0 Å². The average molecular weight is 238 g/mol. The molecule has 0 unspecified atom stereocenters. The van der Waals surface area contributed by atoms with E-state index in [1.165, 1.54) is 0 Å². The van der Waals surface area contributed by atoms with Gasteiger partial charge >= 0.3 is 0 Å². The van der Waals surface area contributed by atoms with Gasteiger partial charge in [0.15, 0.2) is 0 Å². The molecule has 0 saturated carbocycles. The van der Waals surface area contributed by atoms with Crippen LogP contribution in [0.25, 0.3) is 0 Å². The number of nitrogens with one attached hydrogen (secondary N) is 2. The molecule has 0 aliphatic carbocycles. The summed E-state index contributed by atoms with van der Waals surface area (Å²) in [7, 11) is 1.63. The van der Waals surface area contributed by atoms with Crippen LogP contribution in [-0.2, 0) is 6.54 Å². The van der Waals surface area contributed by atoms with Gasteiger partial charge in [0.05, 0.1) is 31.4 Å². The quantitative estimate of drug-likeness (QED) is 0.860. The molecule has 2 N–H and O–H groups in total. The van der Waals surface area contributed by atoms with E-state index in [9.17, 15) is 0 Å². The summed E-state index contributed by atoms with van der Waals surface area (Å²) in [4.78, 5) is 6.95. The van der Waals surface area contributed by atoms with Crippen molar-refractivity contribution in [1.29, 1.82) is 0 Å². The van der Waals surface area contributed by atoms with Crippen LogP contribution in [0.1, 0.15) is 5.69 Å². The van der Waals surface area contributed by atoms with Crippen LogP contribution in [0.2, 0.25) is 5.02 Å². The van der Waals surface area contributed by atoms with E-state index in [4.69, 9.17) is 16.3 Å². The maximum Gasteiger partial charge on any atom is 0.142 e. The van der Waals surface area contributed by atoms with Crippen molar-refractivity contribution in [2.24, 2.45) is 0 Å². The molecule has 0 amide bonds. The molecule has 0 bridgehead atoms. The number of aromatic nitrogens is 2. The van der Waals surface area contributed by atoms with Crippen molar-refractivity contribution in [3.8, 4) is 5.75 Å². The largest absolute Gasteiger partial charge is 0.495 e. The molecule has 0 saturated heterocycles. The third-order valence-electron chi connectivity index (χ3n) is 2.19. The van der Waals surface area contributed by atoms with E-state index in [0.29, 0.717) is 11.6 Å². The Labute approximate surface area is 98.6 Å². The number of hydrogen-bond acceptors (Lipinski definition) is 3. The van der Waals surface area contributed by atoms with Crippen LogP contribution >= 0.6 is 11.6 Å². The van der Waals surface area contributed by atoms with E-state index < -0.39 is 0 Å². The van der Waals surface area contributed by atoms with Crippen LogP contribution in [0, 0.1) is 0 Å². The average Bonchev–Trinajstić information content (AvgIpc) is 2.79. The summed E-state index contributed by atoms with van der Waals surface area (Å²) >= 11 is 5.92. The fourth-order valence-electron chi connectivity index (χ4n) is 1.39. The third-order valence-corrected chi connectivity index (χ3v) is 2.42. The molecule has 1 aromatic heterocycles. The van der Waals surface area contributed by atoms with Gasteiger partial charge in [0, 0.05) is 11.2 Å². The Bertz CT molecular complexity index is 456. The molecule has 0 fully saturated rings. The number of nitrogens with zero attached hydrogens (tertiary/aromatic N) is 1. The topological polar surface area (TPSA) is 49.9 Å². The number of H-pyrrole nitrogens is 1. The molecule has 5 heteroatoms. The van der Waals surface area contributed by atoms with Crippen LogP contribution in [-0.4, -0.2) is 17.1 Å². The Kier molecular flexibility index (Phi) is 3.31. The second-order valence-corrected chi connectivity index (χ2v) is 3.71. The molecule has 1 heterocycles. The minimum Gasteiger partial charge on any atom is -0.495 e. The van der Waals surface area contributed by atoms with Crippen LogP contribution in [0.5, 0.6) is 5.75 Å². The Morgan fingerprint density at radius 1 is 1.50 bits per heavy atom. The second-order valence-electron chi connectivity index (χ2n) is 3.28. The number of ether oxygens (including phenoxy) is 1. The highest BCUT2D eigenvalue weighted by Crippen LogP contribution is 2.27. The Morgan fingerprint density at radius 3 is 3.06 bits per heavy atom. The van der Waals surface area contributed by atoms with Gasteiger partial charge in [0.1, 0.15) is 5.75 Å². The number of imidazole rings is 1. The minimum atomic E-state index is 0.650. The fourth-order valence-corrected chi connectivity index (χ4v) is 1.56. The molecule has 2 aromatic rings. The summed E-state index contributed by atoms with van der Waals surface area (Å²) < 4.78 is 5.22. The van der Waals surface area contributed by atoms with Crippen molar-refractivity contribution in [3.05, 3.63) is 41.4 Å². The van der Waals surface area contributed by atoms with Crippen molar-refractivity contribution in [2.75, 3.05) is 12.4 Å². The first-order valence-electron chi connectivity index (χ1n) is 4.84. The molecule has 0 aliphatic rings. The molecule has 1 aromatic carbocycles. The van der Waals surface area contributed by atoms with Crippen LogP contribution in [0.4, 0.5) is 5.69 Å². The Morgan fingerprint density at radius 2 is 2.38 bits per heavy atom. The maximum atomic E-state index is 5.92. The van der Waals surface area contributed by atoms with Crippen LogP contribution in [0.3, 0.4) is 0 Å². The van der Waals surface area contributed by atoms with E-state index in [0.717, 1.165) is 17.1 Å². The van der Waals surface area contributed by atoms with Gasteiger partial charge in [0.25, 0.3) is 0 Å². The first kappa shape index (κ1) is 10.8. The minimum absolute atomic E-state index is 0.650. The van der Waals surface area contributed by atoms with E-state index >= 15 is 0 Å². The van der Waals surface area contributed by atoms with Crippen molar-refractivity contribution >= 4 is 17.3 Å². The highest BCUT2D eigenvalue weighted by atomic mass is 35.5. The normalized spacial score (nSPS) is 10.1. The smallest absolute Gasteiger partial charge is 0.142 e. The van der Waals surface area contributed by atoms with E-state index in [2.05, 4.69) is 15.3 Å². The molecule has 0 spiro atoms. The van der Waals surface area contributed by atoms with Gasteiger partial charge in [-0.3, -0.25) is 0 Å². The van der Waals surface area contributed by atoms with Crippen molar-refractivity contribution < 1.29 is 4.74 Å². The first-order valence-corrected chi connectivity index (χ1v) is 5.22. The zero-order chi connectivity index (χ0) is 11.4. The van der Waals surface area contributed by atoms with Gasteiger partial charge in [-0.2, -0.15) is 0 Å². The zero-order valence-corrected chi connectivity index (χ0v) is 9.58. The SMILES string of the molecule is COc1ccc(Cl)cc1NCc1cnc[nH]1. The van der Waals surface area contributed by atoms with E-state index in [-0.39, 0.29) is 0 Å². The van der Waals surface area contributed by atoms with Gasteiger partial charge in [0.2, 0.25) is 0 Å². The molecule has 0 radical (unpaired) electrons. The number of hydrogen-bond donors (Lipinski definition) is 2. The summed E-state index contributed by atoms with van der Waals surface area (Å²) in [5, 5.41) is 3.90. The number of methoxy groups -OCH3 is 1. The number of aromatic amines is 1. The number of rotatable bonds is 4. The lowest BCUT2D eigenvalue weighted by molar-refractivity contribution is 0.416. The fraction of sp³-hybridized carbons (Fsp3) is 0.182. The predicted octanol–water partition coefficient (Wildman–Crippen LogP) is 2.68.